The first-order valence-corrected chi connectivity index (χ1v) is 10.2. The van der Waals surface area contributed by atoms with Crippen molar-refractivity contribution in [1.82, 2.24) is 10.3 Å². The van der Waals surface area contributed by atoms with Crippen LogP contribution in [-0.4, -0.2) is 33.8 Å². The Labute approximate surface area is 170 Å². The maximum absolute atomic E-state index is 12.6. The van der Waals surface area contributed by atoms with E-state index in [9.17, 15) is 19.5 Å². The van der Waals surface area contributed by atoms with E-state index in [0.29, 0.717) is 19.3 Å². The molecule has 1 amide bonds. The molecular weight excluding hydrogens is 368 g/mol. The topological polar surface area (TPSA) is 99.3 Å². The van der Waals surface area contributed by atoms with Gasteiger partial charge in [0, 0.05) is 42.3 Å². The fourth-order valence-corrected chi connectivity index (χ4v) is 4.17. The molecule has 1 heterocycles. The van der Waals surface area contributed by atoms with Crippen molar-refractivity contribution in [3.63, 3.8) is 0 Å². The quantitative estimate of drug-likeness (QED) is 0.564. The van der Waals surface area contributed by atoms with Gasteiger partial charge in [-0.15, -0.1) is 0 Å². The summed E-state index contributed by atoms with van der Waals surface area (Å²) in [5.41, 5.74) is 1.79. The lowest BCUT2D eigenvalue weighted by molar-refractivity contribution is -0.142. The molecule has 29 heavy (non-hydrogen) atoms. The third-order valence-corrected chi connectivity index (χ3v) is 5.72. The van der Waals surface area contributed by atoms with Crippen LogP contribution in [0.2, 0.25) is 0 Å². The van der Waals surface area contributed by atoms with Crippen LogP contribution >= 0.6 is 0 Å². The highest BCUT2D eigenvalue weighted by atomic mass is 16.4. The predicted octanol–water partition coefficient (Wildman–Crippen LogP) is 3.62. The van der Waals surface area contributed by atoms with Crippen molar-refractivity contribution >= 4 is 28.6 Å². The van der Waals surface area contributed by atoms with Gasteiger partial charge in [-0.2, -0.15) is 0 Å². The second-order valence-corrected chi connectivity index (χ2v) is 7.71. The molecular formula is C23H28N2O4. The van der Waals surface area contributed by atoms with Crippen molar-refractivity contribution in [1.29, 1.82) is 0 Å². The highest BCUT2D eigenvalue weighted by molar-refractivity contribution is 5.88. The second kappa shape index (κ2) is 9.54. The number of para-hydroxylation sites is 1. The van der Waals surface area contributed by atoms with E-state index in [1.165, 1.54) is 0 Å². The molecule has 0 aliphatic heterocycles. The van der Waals surface area contributed by atoms with E-state index in [0.717, 1.165) is 22.9 Å². The molecule has 1 aliphatic rings. The van der Waals surface area contributed by atoms with Crippen LogP contribution in [0.4, 0.5) is 0 Å². The SMILES string of the molecule is CC/C=C/C[C@H]1C(=O)CC[C@@H]1CC(=O)N[C@@H](Cc1c[nH]c2ccccc12)C(=O)O. The Balaban J connectivity index is 1.63. The smallest absolute Gasteiger partial charge is 0.326 e. The van der Waals surface area contributed by atoms with E-state index < -0.39 is 12.0 Å². The maximum Gasteiger partial charge on any atom is 0.326 e. The van der Waals surface area contributed by atoms with Crippen LogP contribution in [0.3, 0.4) is 0 Å². The number of hydrogen-bond acceptors (Lipinski definition) is 3. The Kier molecular flexibility index (Phi) is 6.86. The van der Waals surface area contributed by atoms with Gasteiger partial charge in [-0.05, 0) is 36.8 Å². The van der Waals surface area contributed by atoms with Gasteiger partial charge in [0.2, 0.25) is 5.91 Å². The number of fused-ring (bicyclic) bond motifs is 1. The highest BCUT2D eigenvalue weighted by Crippen LogP contribution is 2.34. The van der Waals surface area contributed by atoms with Gasteiger partial charge in [0.15, 0.2) is 0 Å². The Hall–Kier alpha value is -2.89. The number of benzene rings is 1. The predicted molar refractivity (Wildman–Crippen MR) is 111 cm³/mol. The summed E-state index contributed by atoms with van der Waals surface area (Å²) < 4.78 is 0. The van der Waals surface area contributed by atoms with Crippen LogP contribution in [0.1, 0.15) is 44.6 Å². The molecule has 3 rings (SSSR count). The van der Waals surface area contributed by atoms with Gasteiger partial charge in [-0.3, -0.25) is 9.59 Å². The largest absolute Gasteiger partial charge is 0.480 e. The molecule has 1 fully saturated rings. The van der Waals surface area contributed by atoms with Crippen LogP contribution in [0.15, 0.2) is 42.6 Å². The number of aliphatic carboxylic acids is 1. The molecule has 0 radical (unpaired) electrons. The Morgan fingerprint density at radius 2 is 2.10 bits per heavy atom. The maximum atomic E-state index is 12.6. The molecule has 6 heteroatoms. The van der Waals surface area contributed by atoms with Crippen molar-refractivity contribution in [2.45, 2.75) is 51.5 Å². The molecule has 154 valence electrons. The van der Waals surface area contributed by atoms with Gasteiger partial charge in [-0.25, -0.2) is 4.79 Å². The molecule has 1 aliphatic carbocycles. The summed E-state index contributed by atoms with van der Waals surface area (Å²) in [5, 5.41) is 13.2. The number of ketones is 1. The normalized spacial score (nSPS) is 20.4. The van der Waals surface area contributed by atoms with Gasteiger partial charge < -0.3 is 15.4 Å². The fourth-order valence-electron chi connectivity index (χ4n) is 4.17. The molecule has 3 atom stereocenters. The molecule has 0 spiro atoms. The molecule has 0 saturated heterocycles. The van der Waals surface area contributed by atoms with Crippen LogP contribution in [0, 0.1) is 11.8 Å². The summed E-state index contributed by atoms with van der Waals surface area (Å²) >= 11 is 0. The number of allylic oxidation sites excluding steroid dienone is 2. The lowest BCUT2D eigenvalue weighted by atomic mass is 9.89. The number of carboxylic acid groups (broad SMARTS) is 1. The first-order chi connectivity index (χ1) is 14.0. The van der Waals surface area contributed by atoms with E-state index in [4.69, 9.17) is 0 Å². The van der Waals surface area contributed by atoms with Crippen LogP contribution in [-0.2, 0) is 20.8 Å². The van der Waals surface area contributed by atoms with E-state index in [-0.39, 0.29) is 36.4 Å². The van der Waals surface area contributed by atoms with Gasteiger partial charge in [-0.1, -0.05) is 37.3 Å². The zero-order valence-electron chi connectivity index (χ0n) is 16.7. The number of aromatic amines is 1. The summed E-state index contributed by atoms with van der Waals surface area (Å²) in [6.07, 6.45) is 8.99. The van der Waals surface area contributed by atoms with E-state index in [1.54, 1.807) is 6.20 Å². The summed E-state index contributed by atoms with van der Waals surface area (Å²) in [4.78, 5) is 39.6. The number of H-pyrrole nitrogens is 1. The molecule has 0 bridgehead atoms. The lowest BCUT2D eigenvalue weighted by Gasteiger charge is -2.19. The number of hydrogen-bond donors (Lipinski definition) is 3. The van der Waals surface area contributed by atoms with Crippen molar-refractivity contribution < 1.29 is 19.5 Å². The van der Waals surface area contributed by atoms with Gasteiger partial charge in [0.25, 0.3) is 0 Å². The monoisotopic (exact) mass is 396 g/mol. The van der Waals surface area contributed by atoms with Gasteiger partial charge in [0.1, 0.15) is 11.8 Å². The summed E-state index contributed by atoms with van der Waals surface area (Å²) in [7, 11) is 0. The molecule has 1 saturated carbocycles. The van der Waals surface area contributed by atoms with E-state index in [2.05, 4.69) is 10.3 Å². The minimum atomic E-state index is -1.06. The summed E-state index contributed by atoms with van der Waals surface area (Å²) in [5.74, 6) is -1.32. The molecule has 1 aromatic heterocycles. The first kappa shape index (κ1) is 20.8. The second-order valence-electron chi connectivity index (χ2n) is 7.71. The molecule has 3 N–H and O–H groups in total. The molecule has 1 aromatic carbocycles. The Bertz CT molecular complexity index is 914. The molecule has 0 unspecified atom stereocenters. The number of amides is 1. The van der Waals surface area contributed by atoms with Crippen LogP contribution in [0.25, 0.3) is 10.9 Å². The number of aromatic nitrogens is 1. The summed E-state index contributed by atoms with van der Waals surface area (Å²) in [6, 6.07) is 6.67. The van der Waals surface area contributed by atoms with Crippen molar-refractivity contribution in [3.8, 4) is 0 Å². The van der Waals surface area contributed by atoms with E-state index >= 15 is 0 Å². The number of rotatable bonds is 9. The summed E-state index contributed by atoms with van der Waals surface area (Å²) in [6.45, 7) is 2.04. The number of nitrogens with one attached hydrogen (secondary N) is 2. The number of carbonyl (C=O) groups excluding carboxylic acids is 2. The fraction of sp³-hybridized carbons (Fsp3) is 0.435. The third kappa shape index (κ3) is 5.13. The standard InChI is InChI=1S/C23H28N2O4/c1-2-3-4-8-18-15(10-11-21(18)26)13-22(27)25-20(23(28)29)12-16-14-24-19-9-6-5-7-17(16)19/h3-7,9,14-15,18,20,24H,2,8,10-13H2,1H3,(H,25,27)(H,28,29)/b4-3+/t15-,18-,20+/m1/s1. The average molecular weight is 396 g/mol. The number of Topliss-reactive ketones (excluding diaryl/α,β-unsaturated/α-hetero) is 1. The Morgan fingerprint density at radius 3 is 2.86 bits per heavy atom. The highest BCUT2D eigenvalue weighted by Gasteiger charge is 2.35. The number of carboxylic acids is 1. The average Bonchev–Trinajstić information content (AvgIpc) is 3.26. The van der Waals surface area contributed by atoms with Crippen molar-refractivity contribution in [2.24, 2.45) is 11.8 Å². The first-order valence-electron chi connectivity index (χ1n) is 10.2. The molecule has 6 nitrogen and oxygen atoms in total. The van der Waals surface area contributed by atoms with Gasteiger partial charge >= 0.3 is 5.97 Å². The molecule has 2 aromatic rings. The Morgan fingerprint density at radius 1 is 1.31 bits per heavy atom. The zero-order valence-corrected chi connectivity index (χ0v) is 16.7. The zero-order chi connectivity index (χ0) is 20.8. The van der Waals surface area contributed by atoms with E-state index in [1.807, 2.05) is 43.3 Å². The van der Waals surface area contributed by atoms with Gasteiger partial charge in [0.05, 0.1) is 0 Å². The van der Waals surface area contributed by atoms with Crippen LogP contribution in [0.5, 0.6) is 0 Å². The lowest BCUT2D eigenvalue weighted by Crippen LogP contribution is -2.43. The van der Waals surface area contributed by atoms with Crippen molar-refractivity contribution in [3.05, 3.63) is 48.2 Å². The minimum Gasteiger partial charge on any atom is -0.480 e. The minimum absolute atomic E-state index is 0.0217. The third-order valence-electron chi connectivity index (χ3n) is 5.72. The van der Waals surface area contributed by atoms with Crippen molar-refractivity contribution in [2.75, 3.05) is 0 Å². The van der Waals surface area contributed by atoms with Crippen LogP contribution < -0.4 is 5.32 Å². The number of carbonyl (C=O) groups is 3.